The van der Waals surface area contributed by atoms with Crippen LogP contribution in [-0.4, -0.2) is 30.3 Å². The number of hydrogen-bond acceptors (Lipinski definition) is 3. The fourth-order valence-corrected chi connectivity index (χ4v) is 2.46. The Bertz CT molecular complexity index is 337. The second-order valence-corrected chi connectivity index (χ2v) is 5.34. The molecule has 1 aromatic heterocycles. The van der Waals surface area contributed by atoms with Gasteiger partial charge in [-0.2, -0.15) is 0 Å². The second kappa shape index (κ2) is 5.64. The smallest absolute Gasteiger partial charge is 0.189 e. The Hall–Kier alpha value is -0.380. The lowest BCUT2D eigenvalue weighted by Gasteiger charge is -2.22. The minimum Gasteiger partial charge on any atom is -0.297 e. The Morgan fingerprint density at radius 3 is 2.73 bits per heavy atom. The zero-order valence-electron chi connectivity index (χ0n) is 9.29. The number of ketones is 1. The van der Waals surface area contributed by atoms with Gasteiger partial charge in [0, 0.05) is 0 Å². The Morgan fingerprint density at radius 1 is 1.60 bits per heavy atom. The van der Waals surface area contributed by atoms with Crippen LogP contribution < -0.4 is 0 Å². The number of rotatable bonds is 5. The van der Waals surface area contributed by atoms with E-state index in [-0.39, 0.29) is 11.8 Å². The summed E-state index contributed by atoms with van der Waals surface area (Å²) in [5, 5.41) is 0. The maximum absolute atomic E-state index is 12.0. The van der Waals surface area contributed by atoms with E-state index in [0.717, 1.165) is 17.8 Å². The van der Waals surface area contributed by atoms with E-state index in [1.165, 1.54) is 11.3 Å². The summed E-state index contributed by atoms with van der Waals surface area (Å²) in [6, 6.07) is 3.50. The highest BCUT2D eigenvalue weighted by Gasteiger charge is 2.20. The van der Waals surface area contributed by atoms with Crippen molar-refractivity contribution >= 4 is 28.7 Å². The van der Waals surface area contributed by atoms with Gasteiger partial charge < -0.3 is 0 Å². The first-order valence-electron chi connectivity index (χ1n) is 5.06. The lowest BCUT2D eigenvalue weighted by molar-refractivity contribution is 0.0873. The minimum atomic E-state index is -0.0698. The normalized spacial score (nSPS) is 13.1. The van der Waals surface area contributed by atoms with Gasteiger partial charge in [0.25, 0.3) is 0 Å². The topological polar surface area (TPSA) is 20.3 Å². The van der Waals surface area contributed by atoms with Crippen molar-refractivity contribution in [1.82, 2.24) is 4.90 Å². The van der Waals surface area contributed by atoms with Crippen LogP contribution in [0.25, 0.3) is 0 Å². The summed E-state index contributed by atoms with van der Waals surface area (Å²) in [7, 11) is 1.97. The third-order valence-corrected chi connectivity index (χ3v) is 3.68. The van der Waals surface area contributed by atoms with E-state index in [1.807, 2.05) is 14.0 Å². The van der Waals surface area contributed by atoms with E-state index in [1.54, 1.807) is 12.1 Å². The van der Waals surface area contributed by atoms with Crippen LogP contribution in [-0.2, 0) is 0 Å². The molecule has 0 aliphatic heterocycles. The third-order valence-electron chi connectivity index (χ3n) is 2.43. The van der Waals surface area contributed by atoms with Gasteiger partial charge >= 0.3 is 0 Å². The summed E-state index contributed by atoms with van der Waals surface area (Å²) in [5.41, 5.74) is 0. The molecule has 15 heavy (non-hydrogen) atoms. The van der Waals surface area contributed by atoms with E-state index in [9.17, 15) is 4.79 Å². The summed E-state index contributed by atoms with van der Waals surface area (Å²) >= 11 is 7.15. The molecule has 2 nitrogen and oxygen atoms in total. The van der Waals surface area contributed by atoms with Crippen molar-refractivity contribution in [1.29, 1.82) is 0 Å². The van der Waals surface area contributed by atoms with Crippen LogP contribution in [0.5, 0.6) is 0 Å². The molecule has 0 spiro atoms. The van der Waals surface area contributed by atoms with E-state index in [2.05, 4.69) is 11.8 Å². The molecule has 1 atom stereocenters. The fourth-order valence-electron chi connectivity index (χ4n) is 1.40. The quantitative estimate of drug-likeness (QED) is 0.742. The highest BCUT2D eigenvalue weighted by atomic mass is 35.5. The van der Waals surface area contributed by atoms with E-state index in [0.29, 0.717) is 4.34 Å². The number of carbonyl (C=O) groups is 1. The molecule has 0 aliphatic rings. The number of carbonyl (C=O) groups excluding carboxylic acids is 1. The highest BCUT2D eigenvalue weighted by Crippen LogP contribution is 2.23. The van der Waals surface area contributed by atoms with Crippen LogP contribution in [0, 0.1) is 0 Å². The van der Waals surface area contributed by atoms with Crippen molar-refractivity contribution in [3.8, 4) is 0 Å². The molecule has 0 saturated heterocycles. The molecular formula is C11H16ClNOS. The molecule has 1 aromatic rings. The van der Waals surface area contributed by atoms with Crippen molar-refractivity contribution < 1.29 is 4.79 Å². The molecular weight excluding hydrogens is 230 g/mol. The molecule has 0 saturated carbocycles. The average molecular weight is 246 g/mol. The monoisotopic (exact) mass is 245 g/mol. The average Bonchev–Trinajstić information content (AvgIpc) is 2.63. The summed E-state index contributed by atoms with van der Waals surface area (Å²) in [6.07, 6.45) is 1.05. The van der Waals surface area contributed by atoms with Gasteiger partial charge in [0.15, 0.2) is 5.78 Å². The zero-order chi connectivity index (χ0) is 11.4. The lowest BCUT2D eigenvalue weighted by Crippen LogP contribution is -2.36. The third kappa shape index (κ3) is 3.30. The summed E-state index contributed by atoms with van der Waals surface area (Å²) in [4.78, 5) is 14.8. The first kappa shape index (κ1) is 12.7. The second-order valence-electron chi connectivity index (χ2n) is 3.62. The first-order chi connectivity index (χ1) is 7.06. The van der Waals surface area contributed by atoms with Gasteiger partial charge in [-0.1, -0.05) is 18.5 Å². The van der Waals surface area contributed by atoms with Gasteiger partial charge in [0.1, 0.15) is 0 Å². The van der Waals surface area contributed by atoms with Crippen molar-refractivity contribution in [2.24, 2.45) is 0 Å². The SMILES string of the molecule is CCCN(C)C(C)C(=O)c1ccc(Cl)s1. The van der Waals surface area contributed by atoms with Crippen molar-refractivity contribution in [3.63, 3.8) is 0 Å². The molecule has 0 N–H and O–H groups in total. The molecule has 0 fully saturated rings. The maximum atomic E-state index is 12.0. The predicted molar refractivity (Wildman–Crippen MR) is 66.0 cm³/mol. The molecule has 0 aliphatic carbocycles. The number of halogens is 1. The number of likely N-dealkylation sites (N-methyl/N-ethyl adjacent to an activating group) is 1. The molecule has 84 valence electrons. The zero-order valence-corrected chi connectivity index (χ0v) is 10.9. The summed E-state index contributed by atoms with van der Waals surface area (Å²) < 4.78 is 0.670. The summed E-state index contributed by atoms with van der Waals surface area (Å²) in [6.45, 7) is 4.98. The van der Waals surface area contributed by atoms with Crippen LogP contribution in [0.4, 0.5) is 0 Å². The predicted octanol–water partition coefficient (Wildman–Crippen LogP) is 3.31. The molecule has 0 bridgehead atoms. The Morgan fingerprint density at radius 2 is 2.27 bits per heavy atom. The molecule has 0 radical (unpaired) electrons. The molecule has 1 heterocycles. The standard InChI is InChI=1S/C11H16ClNOS/c1-4-7-13(3)8(2)11(14)9-5-6-10(12)15-9/h5-6,8H,4,7H2,1-3H3. The number of thiophene rings is 1. The van der Waals surface area contributed by atoms with Gasteiger partial charge in [0.05, 0.1) is 15.3 Å². The molecule has 4 heteroatoms. The number of nitrogens with zero attached hydrogens (tertiary/aromatic N) is 1. The molecule has 1 unspecified atom stereocenters. The first-order valence-corrected chi connectivity index (χ1v) is 6.25. The Balaban J connectivity index is 2.68. The van der Waals surface area contributed by atoms with Gasteiger partial charge in [-0.3, -0.25) is 9.69 Å². The molecule has 0 aromatic carbocycles. The number of Topliss-reactive ketones (excluding diaryl/α,β-unsaturated/α-hetero) is 1. The van der Waals surface area contributed by atoms with Crippen LogP contribution in [0.2, 0.25) is 4.34 Å². The Labute approximate surface area is 99.9 Å². The van der Waals surface area contributed by atoms with E-state index in [4.69, 9.17) is 11.6 Å². The largest absolute Gasteiger partial charge is 0.297 e. The minimum absolute atomic E-state index is 0.0698. The van der Waals surface area contributed by atoms with E-state index < -0.39 is 0 Å². The summed E-state index contributed by atoms with van der Waals surface area (Å²) in [5.74, 6) is 0.155. The van der Waals surface area contributed by atoms with Crippen LogP contribution in [0.3, 0.4) is 0 Å². The maximum Gasteiger partial charge on any atom is 0.189 e. The van der Waals surface area contributed by atoms with Crippen molar-refractivity contribution in [3.05, 3.63) is 21.3 Å². The van der Waals surface area contributed by atoms with Crippen LogP contribution in [0.15, 0.2) is 12.1 Å². The van der Waals surface area contributed by atoms with Gasteiger partial charge in [-0.25, -0.2) is 0 Å². The Kier molecular flexibility index (Phi) is 4.77. The highest BCUT2D eigenvalue weighted by molar-refractivity contribution is 7.18. The van der Waals surface area contributed by atoms with Crippen LogP contribution in [0.1, 0.15) is 29.9 Å². The molecule has 1 rings (SSSR count). The van der Waals surface area contributed by atoms with Crippen LogP contribution >= 0.6 is 22.9 Å². The van der Waals surface area contributed by atoms with Crippen molar-refractivity contribution in [2.45, 2.75) is 26.3 Å². The van der Waals surface area contributed by atoms with Gasteiger partial charge in [0.2, 0.25) is 0 Å². The van der Waals surface area contributed by atoms with Gasteiger partial charge in [-0.05, 0) is 39.1 Å². The fraction of sp³-hybridized carbons (Fsp3) is 0.545. The lowest BCUT2D eigenvalue weighted by atomic mass is 10.1. The molecule has 0 amide bonds. The van der Waals surface area contributed by atoms with Gasteiger partial charge in [-0.15, -0.1) is 11.3 Å². The van der Waals surface area contributed by atoms with Crippen molar-refractivity contribution in [2.75, 3.05) is 13.6 Å². The number of hydrogen-bond donors (Lipinski definition) is 0. The van der Waals surface area contributed by atoms with E-state index >= 15 is 0 Å².